The maximum absolute atomic E-state index is 11.8. The van der Waals surface area contributed by atoms with Crippen molar-refractivity contribution in [2.45, 2.75) is 12.8 Å². The van der Waals surface area contributed by atoms with Crippen LogP contribution >= 0.6 is 0 Å². The summed E-state index contributed by atoms with van der Waals surface area (Å²) in [5.74, 6) is -0.345. The van der Waals surface area contributed by atoms with E-state index in [2.05, 4.69) is 10.1 Å². The number of benzene rings is 1. The Balaban J connectivity index is 1.44. The monoisotopic (exact) mass is 333 g/mol. The van der Waals surface area contributed by atoms with Crippen LogP contribution in [0, 0.1) is 0 Å². The Hall–Kier alpha value is -3.21. The number of carbonyl (C=O) groups excluding carboxylic acids is 1. The number of hydrogen-bond donors (Lipinski definition) is 0. The molecule has 0 aliphatic carbocycles. The molecule has 126 valence electrons. The first-order valence-corrected chi connectivity index (χ1v) is 8.15. The van der Waals surface area contributed by atoms with Gasteiger partial charge < -0.3 is 4.74 Å². The molecule has 0 N–H and O–H groups in total. The molecule has 25 heavy (non-hydrogen) atoms. The van der Waals surface area contributed by atoms with E-state index >= 15 is 0 Å². The van der Waals surface area contributed by atoms with Crippen LogP contribution in [0.2, 0.25) is 0 Å². The van der Waals surface area contributed by atoms with Gasteiger partial charge in [0.05, 0.1) is 18.5 Å². The first-order chi connectivity index (χ1) is 12.3. The molecule has 0 unspecified atom stereocenters. The third-order valence-corrected chi connectivity index (χ3v) is 3.64. The van der Waals surface area contributed by atoms with E-state index in [0.29, 0.717) is 6.61 Å². The molecule has 5 heteroatoms. The average molecular weight is 333 g/mol. The molecule has 0 bridgehead atoms. The van der Waals surface area contributed by atoms with Gasteiger partial charge >= 0.3 is 5.97 Å². The van der Waals surface area contributed by atoms with E-state index in [-0.39, 0.29) is 5.97 Å². The minimum atomic E-state index is -0.345. The van der Waals surface area contributed by atoms with Gasteiger partial charge in [-0.1, -0.05) is 18.2 Å². The van der Waals surface area contributed by atoms with Crippen molar-refractivity contribution in [2.24, 2.45) is 0 Å². The van der Waals surface area contributed by atoms with Gasteiger partial charge in [-0.25, -0.2) is 9.48 Å². The molecule has 2 heterocycles. The van der Waals surface area contributed by atoms with Crippen LogP contribution in [0.5, 0.6) is 0 Å². The Labute approximate surface area is 146 Å². The van der Waals surface area contributed by atoms with Gasteiger partial charge in [-0.05, 0) is 48.7 Å². The molecule has 5 nitrogen and oxygen atoms in total. The molecule has 0 spiro atoms. The molecule has 3 rings (SSSR count). The molecule has 3 aromatic rings. The maximum atomic E-state index is 11.8. The predicted molar refractivity (Wildman–Crippen MR) is 96.1 cm³/mol. The highest BCUT2D eigenvalue weighted by Crippen LogP contribution is 2.09. The first-order valence-electron chi connectivity index (χ1n) is 8.15. The fourth-order valence-electron chi connectivity index (χ4n) is 2.36. The van der Waals surface area contributed by atoms with Crippen molar-refractivity contribution in [3.05, 3.63) is 84.5 Å². The summed E-state index contributed by atoms with van der Waals surface area (Å²) in [6, 6.07) is 13.7. The van der Waals surface area contributed by atoms with E-state index in [9.17, 15) is 4.79 Å². The third kappa shape index (κ3) is 5.14. The Bertz CT molecular complexity index is 826. The van der Waals surface area contributed by atoms with Crippen LogP contribution in [0.15, 0.2) is 73.3 Å². The average Bonchev–Trinajstić information content (AvgIpc) is 3.14. The highest BCUT2D eigenvalue weighted by atomic mass is 16.5. The summed E-state index contributed by atoms with van der Waals surface area (Å²) in [6.07, 6.45) is 11.9. The number of esters is 1. The highest BCUT2D eigenvalue weighted by Gasteiger charge is 2.01. The van der Waals surface area contributed by atoms with E-state index in [4.69, 9.17) is 4.74 Å². The molecule has 1 aromatic carbocycles. The number of pyridine rings is 1. The van der Waals surface area contributed by atoms with Gasteiger partial charge in [0.2, 0.25) is 0 Å². The standard InChI is InChI=1S/C20H19N3O2/c24-20(25-14-4-5-17-10-12-21-13-11-17)9-8-18-15-22-23(16-18)19-6-2-1-3-7-19/h1-3,6-13,15-16H,4-5,14H2/b9-8+. The maximum Gasteiger partial charge on any atom is 0.330 e. The van der Waals surface area contributed by atoms with Crippen molar-refractivity contribution >= 4 is 12.0 Å². The van der Waals surface area contributed by atoms with E-state index in [1.54, 1.807) is 29.3 Å². The van der Waals surface area contributed by atoms with Crippen LogP contribution < -0.4 is 0 Å². The van der Waals surface area contributed by atoms with Crippen LogP contribution in [-0.2, 0) is 16.0 Å². The molecule has 0 saturated heterocycles. The van der Waals surface area contributed by atoms with Crippen LogP contribution in [-0.4, -0.2) is 27.3 Å². The summed E-state index contributed by atoms with van der Waals surface area (Å²) in [4.78, 5) is 15.7. The number of hydrogen-bond acceptors (Lipinski definition) is 4. The second-order valence-corrected chi connectivity index (χ2v) is 5.51. The van der Waals surface area contributed by atoms with Crippen LogP contribution in [0.3, 0.4) is 0 Å². The molecule has 0 fully saturated rings. The summed E-state index contributed by atoms with van der Waals surface area (Å²) in [6.45, 7) is 0.398. The molecule has 0 radical (unpaired) electrons. The Morgan fingerprint density at radius 3 is 2.72 bits per heavy atom. The summed E-state index contributed by atoms with van der Waals surface area (Å²) in [5.41, 5.74) is 3.01. The zero-order valence-corrected chi connectivity index (χ0v) is 13.8. The topological polar surface area (TPSA) is 57.0 Å². The molecule has 0 aliphatic rings. The van der Waals surface area contributed by atoms with Crippen molar-refractivity contribution in [1.29, 1.82) is 0 Å². The van der Waals surface area contributed by atoms with Gasteiger partial charge in [0.1, 0.15) is 0 Å². The predicted octanol–water partition coefficient (Wildman–Crippen LogP) is 3.46. The molecule has 0 amide bonds. The summed E-state index contributed by atoms with van der Waals surface area (Å²) >= 11 is 0. The second kappa shape index (κ2) is 8.59. The molecular formula is C20H19N3O2. The minimum absolute atomic E-state index is 0.345. The zero-order chi connectivity index (χ0) is 17.3. The lowest BCUT2D eigenvalue weighted by Gasteiger charge is -2.02. The zero-order valence-electron chi connectivity index (χ0n) is 13.8. The lowest BCUT2D eigenvalue weighted by Crippen LogP contribution is -2.03. The van der Waals surface area contributed by atoms with Gasteiger partial charge in [0.25, 0.3) is 0 Å². The van der Waals surface area contributed by atoms with E-state index in [0.717, 1.165) is 24.1 Å². The highest BCUT2D eigenvalue weighted by molar-refractivity contribution is 5.86. The van der Waals surface area contributed by atoms with Gasteiger partial charge in [-0.2, -0.15) is 5.10 Å². The van der Waals surface area contributed by atoms with Crippen molar-refractivity contribution < 1.29 is 9.53 Å². The van der Waals surface area contributed by atoms with E-state index in [1.165, 1.54) is 11.6 Å². The van der Waals surface area contributed by atoms with Crippen molar-refractivity contribution in [3.63, 3.8) is 0 Å². The van der Waals surface area contributed by atoms with E-state index in [1.807, 2.05) is 48.7 Å². The minimum Gasteiger partial charge on any atom is -0.463 e. The smallest absolute Gasteiger partial charge is 0.330 e. The van der Waals surface area contributed by atoms with E-state index < -0.39 is 0 Å². The largest absolute Gasteiger partial charge is 0.463 e. The number of rotatable bonds is 7. The van der Waals surface area contributed by atoms with Crippen molar-refractivity contribution in [1.82, 2.24) is 14.8 Å². The number of carbonyl (C=O) groups is 1. The molecule has 0 atom stereocenters. The summed E-state index contributed by atoms with van der Waals surface area (Å²) in [5, 5.41) is 4.28. The second-order valence-electron chi connectivity index (χ2n) is 5.51. The lowest BCUT2D eigenvalue weighted by molar-refractivity contribution is -0.137. The number of aryl methyl sites for hydroxylation is 1. The Kier molecular flexibility index (Phi) is 5.72. The molecular weight excluding hydrogens is 314 g/mol. The van der Waals surface area contributed by atoms with Gasteiger partial charge in [-0.15, -0.1) is 0 Å². The quantitative estimate of drug-likeness (QED) is 0.377. The Morgan fingerprint density at radius 1 is 1.12 bits per heavy atom. The number of para-hydroxylation sites is 1. The van der Waals surface area contributed by atoms with Gasteiger partial charge in [0, 0.05) is 30.2 Å². The number of nitrogens with zero attached hydrogens (tertiary/aromatic N) is 3. The Morgan fingerprint density at radius 2 is 1.92 bits per heavy atom. The van der Waals surface area contributed by atoms with Crippen LogP contribution in [0.1, 0.15) is 17.5 Å². The summed E-state index contributed by atoms with van der Waals surface area (Å²) < 4.78 is 6.97. The van der Waals surface area contributed by atoms with Crippen molar-refractivity contribution in [2.75, 3.05) is 6.61 Å². The number of aromatic nitrogens is 3. The van der Waals surface area contributed by atoms with Crippen LogP contribution in [0.4, 0.5) is 0 Å². The molecule has 2 aromatic heterocycles. The fourth-order valence-corrected chi connectivity index (χ4v) is 2.36. The first kappa shape index (κ1) is 16.6. The fraction of sp³-hybridized carbons (Fsp3) is 0.150. The third-order valence-electron chi connectivity index (χ3n) is 3.64. The van der Waals surface area contributed by atoms with Crippen LogP contribution in [0.25, 0.3) is 11.8 Å². The lowest BCUT2D eigenvalue weighted by atomic mass is 10.1. The SMILES string of the molecule is O=C(/C=C/c1cnn(-c2ccccc2)c1)OCCCc1ccncc1. The summed E-state index contributed by atoms with van der Waals surface area (Å²) in [7, 11) is 0. The molecule has 0 saturated carbocycles. The van der Waals surface area contributed by atoms with Gasteiger partial charge in [0.15, 0.2) is 0 Å². The van der Waals surface area contributed by atoms with Gasteiger partial charge in [-0.3, -0.25) is 4.98 Å². The number of ether oxygens (including phenoxy) is 1. The van der Waals surface area contributed by atoms with Crippen molar-refractivity contribution in [3.8, 4) is 5.69 Å². The molecule has 0 aliphatic heterocycles. The normalized spacial score (nSPS) is 10.9.